The fourth-order valence-electron chi connectivity index (χ4n) is 3.00. The second kappa shape index (κ2) is 7.77. The highest BCUT2D eigenvalue weighted by Gasteiger charge is 2.20. The van der Waals surface area contributed by atoms with Gasteiger partial charge in [-0.05, 0) is 19.0 Å². The molecule has 1 saturated heterocycles. The van der Waals surface area contributed by atoms with Gasteiger partial charge in [-0.3, -0.25) is 9.78 Å². The van der Waals surface area contributed by atoms with Crippen LogP contribution in [0.15, 0.2) is 30.9 Å². The van der Waals surface area contributed by atoms with Gasteiger partial charge >= 0.3 is 0 Å². The molecule has 0 aliphatic carbocycles. The van der Waals surface area contributed by atoms with E-state index >= 15 is 0 Å². The van der Waals surface area contributed by atoms with Gasteiger partial charge in [-0.2, -0.15) is 0 Å². The fourth-order valence-corrected chi connectivity index (χ4v) is 3.18. The van der Waals surface area contributed by atoms with Gasteiger partial charge in [0.15, 0.2) is 0 Å². The highest BCUT2D eigenvalue weighted by molar-refractivity contribution is 6.30. The van der Waals surface area contributed by atoms with Gasteiger partial charge in [-0.1, -0.05) is 11.6 Å². The van der Waals surface area contributed by atoms with Crippen LogP contribution in [0.3, 0.4) is 0 Å². The van der Waals surface area contributed by atoms with Gasteiger partial charge in [0.25, 0.3) is 5.91 Å². The zero-order valence-electron chi connectivity index (χ0n) is 13.9. The first kappa shape index (κ1) is 16.9. The van der Waals surface area contributed by atoms with Gasteiger partial charge in [0, 0.05) is 64.4 Å². The third-order valence-electron chi connectivity index (χ3n) is 4.40. The molecule has 0 atom stereocenters. The Bertz CT molecular complexity index is 702. The lowest BCUT2D eigenvalue weighted by Gasteiger charge is -2.22. The topological polar surface area (TPSA) is 54.3 Å². The average Bonchev–Trinajstić information content (AvgIpc) is 2.84. The monoisotopic (exact) mass is 347 g/mol. The molecule has 7 heteroatoms. The first-order chi connectivity index (χ1) is 11.6. The van der Waals surface area contributed by atoms with E-state index in [2.05, 4.69) is 19.4 Å². The Morgan fingerprint density at radius 1 is 1.25 bits per heavy atom. The normalized spacial score (nSPS) is 16.2. The summed E-state index contributed by atoms with van der Waals surface area (Å²) in [6, 6.07) is 1.68. The molecule has 1 fully saturated rings. The van der Waals surface area contributed by atoms with Crippen LogP contribution in [0.25, 0.3) is 0 Å². The third kappa shape index (κ3) is 4.13. The lowest BCUT2D eigenvalue weighted by Crippen LogP contribution is -2.35. The van der Waals surface area contributed by atoms with Crippen LogP contribution in [0.1, 0.15) is 22.6 Å². The summed E-state index contributed by atoms with van der Waals surface area (Å²) >= 11 is 5.94. The zero-order chi connectivity index (χ0) is 16.9. The lowest BCUT2D eigenvalue weighted by atomic mass is 10.2. The van der Waals surface area contributed by atoms with Gasteiger partial charge < -0.3 is 14.4 Å². The second-order valence-electron chi connectivity index (χ2n) is 6.08. The number of imidazole rings is 1. The predicted octanol–water partition coefficient (Wildman–Crippen LogP) is 1.86. The first-order valence-corrected chi connectivity index (χ1v) is 8.59. The van der Waals surface area contributed by atoms with Gasteiger partial charge in [0.2, 0.25) is 0 Å². The van der Waals surface area contributed by atoms with E-state index in [0.717, 1.165) is 51.4 Å². The maximum atomic E-state index is 12.6. The van der Waals surface area contributed by atoms with Crippen molar-refractivity contribution in [2.24, 2.45) is 7.05 Å². The number of rotatable bonds is 4. The minimum Gasteiger partial charge on any atom is -0.338 e. The van der Waals surface area contributed by atoms with E-state index in [-0.39, 0.29) is 5.91 Å². The molecule has 1 aliphatic heterocycles. The number of hydrogen-bond acceptors (Lipinski definition) is 4. The molecule has 1 amide bonds. The summed E-state index contributed by atoms with van der Waals surface area (Å²) in [7, 11) is 2.02. The molecule has 24 heavy (non-hydrogen) atoms. The molecule has 0 spiro atoms. The van der Waals surface area contributed by atoms with Crippen molar-refractivity contribution < 1.29 is 4.79 Å². The molecule has 3 rings (SSSR count). The third-order valence-corrected chi connectivity index (χ3v) is 4.61. The number of pyridine rings is 1. The van der Waals surface area contributed by atoms with Crippen molar-refractivity contribution in [2.75, 3.05) is 32.7 Å². The molecule has 0 radical (unpaired) electrons. The van der Waals surface area contributed by atoms with Crippen LogP contribution in [0, 0.1) is 0 Å². The number of nitrogens with zero attached hydrogens (tertiary/aromatic N) is 5. The van der Waals surface area contributed by atoms with E-state index in [4.69, 9.17) is 11.6 Å². The lowest BCUT2D eigenvalue weighted by molar-refractivity contribution is 0.0761. The van der Waals surface area contributed by atoms with Crippen molar-refractivity contribution in [3.8, 4) is 0 Å². The number of hydrogen-bond donors (Lipinski definition) is 0. The van der Waals surface area contributed by atoms with Crippen molar-refractivity contribution in [1.29, 1.82) is 0 Å². The Morgan fingerprint density at radius 3 is 2.88 bits per heavy atom. The molecular weight excluding hydrogens is 326 g/mol. The number of amides is 1. The fraction of sp³-hybridized carbons (Fsp3) is 0.471. The standard InChI is InChI=1S/C17H22ClN5O/c1-21-8-4-20-16(21)3-7-22-5-2-6-23(10-9-22)17(24)14-11-15(18)13-19-12-14/h4,8,11-13H,2-3,5-7,9-10H2,1H3. The smallest absolute Gasteiger partial charge is 0.255 e. The van der Waals surface area contributed by atoms with E-state index < -0.39 is 0 Å². The van der Waals surface area contributed by atoms with Crippen molar-refractivity contribution >= 4 is 17.5 Å². The highest BCUT2D eigenvalue weighted by atomic mass is 35.5. The second-order valence-corrected chi connectivity index (χ2v) is 6.52. The average molecular weight is 348 g/mol. The van der Waals surface area contributed by atoms with Gasteiger partial charge in [0.05, 0.1) is 10.6 Å². The minimum absolute atomic E-state index is 0.0101. The van der Waals surface area contributed by atoms with E-state index in [1.807, 2.05) is 24.3 Å². The van der Waals surface area contributed by atoms with Gasteiger partial charge in [-0.15, -0.1) is 0 Å². The number of aromatic nitrogens is 3. The maximum Gasteiger partial charge on any atom is 0.255 e. The van der Waals surface area contributed by atoms with Crippen LogP contribution < -0.4 is 0 Å². The van der Waals surface area contributed by atoms with E-state index in [0.29, 0.717) is 10.6 Å². The Labute approximate surface area is 147 Å². The predicted molar refractivity (Wildman–Crippen MR) is 93.1 cm³/mol. The summed E-state index contributed by atoms with van der Waals surface area (Å²) < 4.78 is 2.06. The van der Waals surface area contributed by atoms with Crippen LogP contribution in [-0.2, 0) is 13.5 Å². The molecule has 1 aliphatic rings. The molecule has 2 aromatic heterocycles. The van der Waals surface area contributed by atoms with Crippen LogP contribution in [0.5, 0.6) is 0 Å². The van der Waals surface area contributed by atoms with Crippen LogP contribution in [-0.4, -0.2) is 63.0 Å². The number of carbonyl (C=O) groups excluding carboxylic acids is 1. The van der Waals surface area contributed by atoms with Gasteiger partial charge in [0.1, 0.15) is 5.82 Å². The molecule has 128 valence electrons. The molecular formula is C17H22ClN5O. The summed E-state index contributed by atoms with van der Waals surface area (Å²) in [5.74, 6) is 1.10. The van der Waals surface area contributed by atoms with Crippen molar-refractivity contribution in [2.45, 2.75) is 12.8 Å². The SMILES string of the molecule is Cn1ccnc1CCN1CCCN(C(=O)c2cncc(Cl)c2)CC1. The summed E-state index contributed by atoms with van der Waals surface area (Å²) in [6.45, 7) is 4.34. The highest BCUT2D eigenvalue weighted by Crippen LogP contribution is 2.13. The molecule has 0 aromatic carbocycles. The van der Waals surface area contributed by atoms with E-state index in [1.165, 1.54) is 0 Å². The first-order valence-electron chi connectivity index (χ1n) is 8.22. The molecule has 0 N–H and O–H groups in total. The molecule has 0 unspecified atom stereocenters. The Hall–Kier alpha value is -1.92. The van der Waals surface area contributed by atoms with Crippen LogP contribution >= 0.6 is 11.6 Å². The zero-order valence-corrected chi connectivity index (χ0v) is 14.6. The Balaban J connectivity index is 1.55. The largest absolute Gasteiger partial charge is 0.338 e. The minimum atomic E-state index is 0.0101. The molecule has 0 bridgehead atoms. The molecule has 2 aromatic rings. The summed E-state index contributed by atoms with van der Waals surface area (Å²) in [6.07, 6.45) is 8.82. The summed E-state index contributed by atoms with van der Waals surface area (Å²) in [4.78, 5) is 25.3. The van der Waals surface area contributed by atoms with Crippen molar-refractivity contribution in [1.82, 2.24) is 24.3 Å². The van der Waals surface area contributed by atoms with E-state index in [9.17, 15) is 4.79 Å². The number of aryl methyl sites for hydroxylation is 1. The molecule has 3 heterocycles. The Morgan fingerprint density at radius 2 is 2.12 bits per heavy atom. The number of carbonyl (C=O) groups is 1. The summed E-state index contributed by atoms with van der Waals surface area (Å²) in [5.41, 5.74) is 0.559. The van der Waals surface area contributed by atoms with Crippen molar-refractivity contribution in [3.05, 3.63) is 47.3 Å². The van der Waals surface area contributed by atoms with Crippen molar-refractivity contribution in [3.63, 3.8) is 0 Å². The molecule has 6 nitrogen and oxygen atoms in total. The Kier molecular flexibility index (Phi) is 5.48. The van der Waals surface area contributed by atoms with Crippen LogP contribution in [0.2, 0.25) is 5.02 Å². The summed E-state index contributed by atoms with van der Waals surface area (Å²) in [5, 5.41) is 0.493. The quantitative estimate of drug-likeness (QED) is 0.847. The van der Waals surface area contributed by atoms with E-state index in [1.54, 1.807) is 18.5 Å². The van der Waals surface area contributed by atoms with Crippen LogP contribution in [0.4, 0.5) is 0 Å². The maximum absolute atomic E-state index is 12.6. The molecule has 0 saturated carbocycles. The number of halogens is 1. The van der Waals surface area contributed by atoms with Gasteiger partial charge in [-0.25, -0.2) is 4.98 Å².